The molecule has 0 aromatic heterocycles. The topological polar surface area (TPSA) is 104 Å². The van der Waals surface area contributed by atoms with Crippen molar-refractivity contribution in [2.24, 2.45) is 22.9 Å². The first-order valence-electron chi connectivity index (χ1n) is 4.35. The SMILES string of the molecule is NCCCC(N)=C(N)CCCN. The monoisotopic (exact) mass is 172 g/mol. The van der Waals surface area contributed by atoms with E-state index >= 15 is 0 Å². The van der Waals surface area contributed by atoms with Gasteiger partial charge in [-0.1, -0.05) is 0 Å². The second-order valence-electron chi connectivity index (χ2n) is 2.83. The summed E-state index contributed by atoms with van der Waals surface area (Å²) >= 11 is 0. The van der Waals surface area contributed by atoms with Crippen LogP contribution in [0.5, 0.6) is 0 Å². The highest BCUT2D eigenvalue weighted by molar-refractivity contribution is 5.06. The Hall–Kier alpha value is -0.740. The molecule has 4 heteroatoms. The summed E-state index contributed by atoms with van der Waals surface area (Å²) < 4.78 is 0. The van der Waals surface area contributed by atoms with Crippen LogP contribution in [0.15, 0.2) is 11.4 Å². The Labute approximate surface area is 74.0 Å². The highest BCUT2D eigenvalue weighted by Gasteiger charge is 1.97. The minimum atomic E-state index is 0.658. The van der Waals surface area contributed by atoms with Crippen molar-refractivity contribution in [2.45, 2.75) is 25.7 Å². The molecule has 72 valence electrons. The van der Waals surface area contributed by atoms with Crippen molar-refractivity contribution in [2.75, 3.05) is 13.1 Å². The molecule has 0 bridgehead atoms. The van der Waals surface area contributed by atoms with Gasteiger partial charge in [-0.15, -0.1) is 0 Å². The molecular formula is C8H20N4. The van der Waals surface area contributed by atoms with E-state index in [0.29, 0.717) is 13.1 Å². The van der Waals surface area contributed by atoms with Crippen LogP contribution in [-0.4, -0.2) is 13.1 Å². The lowest BCUT2D eigenvalue weighted by Gasteiger charge is -2.05. The first-order chi connectivity index (χ1) is 5.72. The van der Waals surface area contributed by atoms with Crippen LogP contribution in [0.2, 0.25) is 0 Å². The Bertz CT molecular complexity index is 126. The molecule has 0 aliphatic heterocycles. The molecule has 8 N–H and O–H groups in total. The molecule has 0 aliphatic rings. The average molecular weight is 172 g/mol. The van der Waals surface area contributed by atoms with Gasteiger partial charge in [-0.2, -0.15) is 0 Å². The van der Waals surface area contributed by atoms with Gasteiger partial charge in [-0.25, -0.2) is 0 Å². The Balaban J connectivity index is 3.72. The maximum Gasteiger partial charge on any atom is 0.0271 e. The number of hydrogen-bond donors (Lipinski definition) is 4. The van der Waals surface area contributed by atoms with E-state index in [-0.39, 0.29) is 0 Å². The lowest BCUT2D eigenvalue weighted by Crippen LogP contribution is -2.12. The molecule has 0 aromatic rings. The summed E-state index contributed by atoms with van der Waals surface area (Å²) in [4.78, 5) is 0. The summed E-state index contributed by atoms with van der Waals surface area (Å²) in [6.45, 7) is 1.32. The third-order valence-electron chi connectivity index (χ3n) is 1.71. The Kier molecular flexibility index (Phi) is 6.51. The van der Waals surface area contributed by atoms with E-state index in [1.54, 1.807) is 0 Å². The molecule has 0 atom stereocenters. The Morgan fingerprint density at radius 1 is 0.750 bits per heavy atom. The van der Waals surface area contributed by atoms with E-state index in [1.165, 1.54) is 0 Å². The van der Waals surface area contributed by atoms with Crippen LogP contribution in [0.4, 0.5) is 0 Å². The zero-order chi connectivity index (χ0) is 9.40. The molecule has 0 heterocycles. The average Bonchev–Trinajstić information content (AvgIpc) is 2.10. The second kappa shape index (κ2) is 6.94. The van der Waals surface area contributed by atoms with Gasteiger partial charge in [0.2, 0.25) is 0 Å². The zero-order valence-electron chi connectivity index (χ0n) is 7.55. The van der Waals surface area contributed by atoms with Gasteiger partial charge < -0.3 is 22.9 Å². The molecule has 0 aliphatic carbocycles. The molecule has 0 saturated heterocycles. The lowest BCUT2D eigenvalue weighted by atomic mass is 10.1. The molecule has 0 radical (unpaired) electrons. The number of nitrogens with two attached hydrogens (primary N) is 4. The van der Waals surface area contributed by atoms with Crippen molar-refractivity contribution >= 4 is 0 Å². The normalized spacial score (nSPS) is 12.8. The van der Waals surface area contributed by atoms with Crippen LogP contribution in [-0.2, 0) is 0 Å². The first kappa shape index (κ1) is 11.3. The van der Waals surface area contributed by atoms with E-state index in [9.17, 15) is 0 Å². The third-order valence-corrected chi connectivity index (χ3v) is 1.71. The zero-order valence-corrected chi connectivity index (χ0v) is 7.55. The van der Waals surface area contributed by atoms with Gasteiger partial charge in [0.05, 0.1) is 0 Å². The summed E-state index contributed by atoms with van der Waals surface area (Å²) in [5.74, 6) is 0. The molecule has 0 aromatic carbocycles. The van der Waals surface area contributed by atoms with Gasteiger partial charge in [0.25, 0.3) is 0 Å². The highest BCUT2D eigenvalue weighted by atomic mass is 14.7. The van der Waals surface area contributed by atoms with Crippen molar-refractivity contribution in [3.63, 3.8) is 0 Å². The van der Waals surface area contributed by atoms with Crippen molar-refractivity contribution in [3.8, 4) is 0 Å². The van der Waals surface area contributed by atoms with Gasteiger partial charge in [-0.05, 0) is 38.8 Å². The van der Waals surface area contributed by atoms with Crippen LogP contribution in [0.25, 0.3) is 0 Å². The fraction of sp³-hybridized carbons (Fsp3) is 0.750. The predicted molar refractivity (Wildman–Crippen MR) is 52.0 cm³/mol. The fourth-order valence-corrected chi connectivity index (χ4v) is 0.906. The maximum atomic E-state index is 5.70. The summed E-state index contributed by atoms with van der Waals surface area (Å²) in [7, 11) is 0. The predicted octanol–water partition coefficient (Wildman–Crippen LogP) is -0.407. The largest absolute Gasteiger partial charge is 0.401 e. The standard InChI is InChI=1S/C8H20N4/c9-5-1-3-7(11)8(12)4-2-6-10/h1-6,9-12H2. The quantitative estimate of drug-likeness (QED) is 0.437. The summed E-state index contributed by atoms with van der Waals surface area (Å²) in [6.07, 6.45) is 3.39. The van der Waals surface area contributed by atoms with Crippen molar-refractivity contribution in [1.29, 1.82) is 0 Å². The van der Waals surface area contributed by atoms with Gasteiger partial charge >= 0.3 is 0 Å². The Morgan fingerprint density at radius 3 is 1.33 bits per heavy atom. The summed E-state index contributed by atoms with van der Waals surface area (Å²) in [6, 6.07) is 0. The molecule has 0 rings (SSSR count). The highest BCUT2D eigenvalue weighted by Crippen LogP contribution is 2.05. The van der Waals surface area contributed by atoms with Crippen LogP contribution >= 0.6 is 0 Å². The van der Waals surface area contributed by atoms with E-state index < -0.39 is 0 Å². The third kappa shape index (κ3) is 4.98. The minimum Gasteiger partial charge on any atom is -0.401 e. The van der Waals surface area contributed by atoms with Crippen LogP contribution in [0.3, 0.4) is 0 Å². The van der Waals surface area contributed by atoms with E-state index in [2.05, 4.69) is 0 Å². The summed E-state index contributed by atoms with van der Waals surface area (Å²) in [5, 5.41) is 0. The van der Waals surface area contributed by atoms with Gasteiger partial charge in [0, 0.05) is 11.4 Å². The van der Waals surface area contributed by atoms with Crippen molar-refractivity contribution in [3.05, 3.63) is 11.4 Å². The first-order valence-corrected chi connectivity index (χ1v) is 4.35. The molecule has 0 spiro atoms. The Morgan fingerprint density at radius 2 is 1.08 bits per heavy atom. The van der Waals surface area contributed by atoms with E-state index in [0.717, 1.165) is 37.1 Å². The van der Waals surface area contributed by atoms with Crippen LogP contribution < -0.4 is 22.9 Å². The maximum absolute atomic E-state index is 5.70. The summed E-state index contributed by atoms with van der Waals surface area (Å²) in [5.41, 5.74) is 23.6. The molecule has 0 saturated carbocycles. The second-order valence-corrected chi connectivity index (χ2v) is 2.83. The van der Waals surface area contributed by atoms with Crippen molar-refractivity contribution in [1.82, 2.24) is 0 Å². The van der Waals surface area contributed by atoms with E-state index in [4.69, 9.17) is 22.9 Å². The van der Waals surface area contributed by atoms with Crippen LogP contribution in [0.1, 0.15) is 25.7 Å². The van der Waals surface area contributed by atoms with Gasteiger partial charge in [0.1, 0.15) is 0 Å². The number of allylic oxidation sites excluding steroid dienone is 2. The van der Waals surface area contributed by atoms with Crippen molar-refractivity contribution < 1.29 is 0 Å². The molecule has 4 nitrogen and oxygen atoms in total. The minimum absolute atomic E-state index is 0.658. The lowest BCUT2D eigenvalue weighted by molar-refractivity contribution is 0.763. The van der Waals surface area contributed by atoms with Crippen LogP contribution in [0, 0.1) is 0 Å². The van der Waals surface area contributed by atoms with Gasteiger partial charge in [-0.3, -0.25) is 0 Å². The fourth-order valence-electron chi connectivity index (χ4n) is 0.906. The smallest absolute Gasteiger partial charge is 0.0271 e. The molecule has 0 unspecified atom stereocenters. The molecule has 0 amide bonds. The number of rotatable bonds is 6. The van der Waals surface area contributed by atoms with E-state index in [1.807, 2.05) is 0 Å². The molecular weight excluding hydrogens is 152 g/mol. The van der Waals surface area contributed by atoms with Gasteiger partial charge in [0.15, 0.2) is 0 Å². The number of hydrogen-bond acceptors (Lipinski definition) is 4. The molecule has 0 fully saturated rings. The molecule has 12 heavy (non-hydrogen) atoms.